The SMILES string of the molecule is CC(C)(C)n1nnnc1SC[C@@H](O)COc1ccc(Cl)cc1. The van der Waals surface area contributed by atoms with Crippen LogP contribution in [0, 0.1) is 0 Å². The Morgan fingerprint density at radius 1 is 1.32 bits per heavy atom. The van der Waals surface area contributed by atoms with E-state index in [0.29, 0.717) is 21.7 Å². The predicted molar refractivity (Wildman–Crippen MR) is 86.5 cm³/mol. The Hall–Kier alpha value is -1.31. The largest absolute Gasteiger partial charge is 0.491 e. The second kappa shape index (κ2) is 7.30. The molecule has 1 heterocycles. The van der Waals surface area contributed by atoms with Crippen LogP contribution in [0.3, 0.4) is 0 Å². The molecule has 1 N–H and O–H groups in total. The Kier molecular flexibility index (Phi) is 5.66. The first-order valence-electron chi connectivity index (χ1n) is 6.84. The van der Waals surface area contributed by atoms with Crippen LogP contribution in [0.2, 0.25) is 5.02 Å². The van der Waals surface area contributed by atoms with E-state index >= 15 is 0 Å². The van der Waals surface area contributed by atoms with Crippen LogP contribution in [0.25, 0.3) is 0 Å². The third-order valence-electron chi connectivity index (χ3n) is 2.74. The highest BCUT2D eigenvalue weighted by atomic mass is 35.5. The molecule has 0 saturated carbocycles. The van der Waals surface area contributed by atoms with Gasteiger partial charge in [-0.05, 0) is 55.5 Å². The first-order chi connectivity index (χ1) is 10.4. The number of aliphatic hydroxyl groups is 1. The monoisotopic (exact) mass is 342 g/mol. The molecule has 0 aliphatic heterocycles. The Balaban J connectivity index is 1.82. The van der Waals surface area contributed by atoms with E-state index in [1.54, 1.807) is 28.9 Å². The highest BCUT2D eigenvalue weighted by Crippen LogP contribution is 2.22. The number of halogens is 1. The van der Waals surface area contributed by atoms with Crippen molar-refractivity contribution in [2.45, 2.75) is 37.6 Å². The first kappa shape index (κ1) is 17.1. The molecule has 6 nitrogen and oxygen atoms in total. The normalized spacial score (nSPS) is 13.1. The first-order valence-corrected chi connectivity index (χ1v) is 8.21. The van der Waals surface area contributed by atoms with Crippen molar-refractivity contribution in [3.8, 4) is 5.75 Å². The summed E-state index contributed by atoms with van der Waals surface area (Å²) < 4.78 is 7.25. The molecule has 120 valence electrons. The second-order valence-electron chi connectivity index (χ2n) is 5.77. The fourth-order valence-corrected chi connectivity index (χ4v) is 2.72. The molecule has 1 aromatic heterocycles. The van der Waals surface area contributed by atoms with Gasteiger partial charge in [-0.1, -0.05) is 23.4 Å². The van der Waals surface area contributed by atoms with Gasteiger partial charge in [0.2, 0.25) is 5.16 Å². The number of benzene rings is 1. The lowest BCUT2D eigenvalue weighted by molar-refractivity contribution is 0.126. The third kappa shape index (κ3) is 4.86. The molecule has 0 radical (unpaired) electrons. The quantitative estimate of drug-likeness (QED) is 0.813. The van der Waals surface area contributed by atoms with Gasteiger partial charge in [-0.3, -0.25) is 0 Å². The van der Waals surface area contributed by atoms with Gasteiger partial charge in [0.25, 0.3) is 0 Å². The minimum Gasteiger partial charge on any atom is -0.491 e. The molecule has 1 aromatic carbocycles. The van der Waals surface area contributed by atoms with Crippen LogP contribution in [-0.4, -0.2) is 43.8 Å². The number of rotatable bonds is 6. The molecule has 0 spiro atoms. The lowest BCUT2D eigenvalue weighted by Gasteiger charge is -2.19. The summed E-state index contributed by atoms with van der Waals surface area (Å²) >= 11 is 7.21. The number of thioether (sulfide) groups is 1. The van der Waals surface area contributed by atoms with Gasteiger partial charge in [-0.2, -0.15) is 0 Å². The molecule has 1 atom stereocenters. The van der Waals surface area contributed by atoms with Crippen LogP contribution in [0.4, 0.5) is 0 Å². The van der Waals surface area contributed by atoms with E-state index in [4.69, 9.17) is 16.3 Å². The van der Waals surface area contributed by atoms with Gasteiger partial charge in [-0.25, -0.2) is 4.68 Å². The van der Waals surface area contributed by atoms with E-state index in [-0.39, 0.29) is 12.1 Å². The molecule has 0 aliphatic rings. The maximum absolute atomic E-state index is 10.0. The standard InChI is InChI=1S/C14H19ClN4O2S/c1-14(2,3)19-13(16-17-18-19)22-9-11(20)8-21-12-6-4-10(15)5-7-12/h4-7,11,20H,8-9H2,1-3H3/t11-/m0/s1. The van der Waals surface area contributed by atoms with Crippen molar-refractivity contribution in [2.75, 3.05) is 12.4 Å². The van der Waals surface area contributed by atoms with Crippen LogP contribution >= 0.6 is 23.4 Å². The van der Waals surface area contributed by atoms with Gasteiger partial charge < -0.3 is 9.84 Å². The summed E-state index contributed by atoms with van der Waals surface area (Å²) in [6, 6.07) is 7.02. The number of tetrazole rings is 1. The highest BCUT2D eigenvalue weighted by molar-refractivity contribution is 7.99. The molecule has 0 unspecified atom stereocenters. The van der Waals surface area contributed by atoms with E-state index in [1.165, 1.54) is 11.8 Å². The maximum Gasteiger partial charge on any atom is 0.209 e. The fourth-order valence-electron chi connectivity index (χ4n) is 1.63. The zero-order valence-corrected chi connectivity index (χ0v) is 14.3. The molecular formula is C14H19ClN4O2S. The molecule has 0 aliphatic carbocycles. The van der Waals surface area contributed by atoms with Crippen LogP contribution in [0.1, 0.15) is 20.8 Å². The smallest absolute Gasteiger partial charge is 0.209 e. The van der Waals surface area contributed by atoms with E-state index < -0.39 is 6.10 Å². The van der Waals surface area contributed by atoms with Crippen molar-refractivity contribution >= 4 is 23.4 Å². The third-order valence-corrected chi connectivity index (χ3v) is 4.05. The van der Waals surface area contributed by atoms with Gasteiger partial charge in [-0.15, -0.1) is 5.10 Å². The molecule has 8 heteroatoms. The van der Waals surface area contributed by atoms with Crippen molar-refractivity contribution in [3.63, 3.8) is 0 Å². The van der Waals surface area contributed by atoms with Gasteiger partial charge in [0.15, 0.2) is 0 Å². The topological polar surface area (TPSA) is 73.1 Å². The Morgan fingerprint density at radius 2 is 2.00 bits per heavy atom. The zero-order chi connectivity index (χ0) is 16.2. The van der Waals surface area contributed by atoms with Crippen LogP contribution < -0.4 is 4.74 Å². The Bertz CT molecular complexity index is 598. The maximum atomic E-state index is 10.0. The van der Waals surface area contributed by atoms with Crippen molar-refractivity contribution in [1.82, 2.24) is 20.2 Å². The second-order valence-corrected chi connectivity index (χ2v) is 7.20. The van der Waals surface area contributed by atoms with Crippen LogP contribution in [0.5, 0.6) is 5.75 Å². The summed E-state index contributed by atoms with van der Waals surface area (Å²) in [4.78, 5) is 0. The summed E-state index contributed by atoms with van der Waals surface area (Å²) in [5, 5.41) is 23.0. The summed E-state index contributed by atoms with van der Waals surface area (Å²) in [6.07, 6.45) is -0.620. The predicted octanol–water partition coefficient (Wildman–Crippen LogP) is 2.61. The number of hydrogen-bond donors (Lipinski definition) is 1. The van der Waals surface area contributed by atoms with E-state index in [0.717, 1.165) is 0 Å². The highest BCUT2D eigenvalue weighted by Gasteiger charge is 2.20. The van der Waals surface area contributed by atoms with Crippen molar-refractivity contribution in [1.29, 1.82) is 0 Å². The minimum atomic E-state index is -0.620. The van der Waals surface area contributed by atoms with Gasteiger partial charge >= 0.3 is 0 Å². The molecule has 0 bridgehead atoms. The number of hydrogen-bond acceptors (Lipinski definition) is 6. The van der Waals surface area contributed by atoms with Crippen molar-refractivity contribution in [3.05, 3.63) is 29.3 Å². The molecule has 22 heavy (non-hydrogen) atoms. The molecule has 0 fully saturated rings. The number of aromatic nitrogens is 4. The fraction of sp³-hybridized carbons (Fsp3) is 0.500. The number of aliphatic hydroxyl groups excluding tert-OH is 1. The molecule has 0 saturated heterocycles. The van der Waals surface area contributed by atoms with Gasteiger partial charge in [0.1, 0.15) is 12.4 Å². The van der Waals surface area contributed by atoms with Crippen molar-refractivity contribution in [2.24, 2.45) is 0 Å². The Morgan fingerprint density at radius 3 is 2.64 bits per heavy atom. The summed E-state index contributed by atoms with van der Waals surface area (Å²) in [5.74, 6) is 1.12. The van der Waals surface area contributed by atoms with E-state index in [9.17, 15) is 5.11 Å². The minimum absolute atomic E-state index is 0.198. The van der Waals surface area contributed by atoms with E-state index in [2.05, 4.69) is 15.5 Å². The number of ether oxygens (including phenoxy) is 1. The molecule has 0 amide bonds. The van der Waals surface area contributed by atoms with Crippen molar-refractivity contribution < 1.29 is 9.84 Å². The average Bonchev–Trinajstić information content (AvgIpc) is 2.93. The van der Waals surface area contributed by atoms with E-state index in [1.807, 2.05) is 20.8 Å². The lowest BCUT2D eigenvalue weighted by Crippen LogP contribution is -2.25. The summed E-state index contributed by atoms with van der Waals surface area (Å²) in [5.41, 5.74) is -0.198. The Labute approximate surface area is 138 Å². The average molecular weight is 343 g/mol. The molecular weight excluding hydrogens is 324 g/mol. The number of nitrogens with zero attached hydrogens (tertiary/aromatic N) is 4. The lowest BCUT2D eigenvalue weighted by atomic mass is 10.1. The van der Waals surface area contributed by atoms with Gasteiger partial charge in [0.05, 0.1) is 11.6 Å². The van der Waals surface area contributed by atoms with Gasteiger partial charge in [0, 0.05) is 10.8 Å². The molecule has 2 rings (SSSR count). The summed E-state index contributed by atoms with van der Waals surface area (Å²) in [7, 11) is 0. The summed E-state index contributed by atoms with van der Waals surface area (Å²) in [6.45, 7) is 6.26. The zero-order valence-electron chi connectivity index (χ0n) is 12.7. The molecule has 2 aromatic rings. The van der Waals surface area contributed by atoms with Crippen LogP contribution in [0.15, 0.2) is 29.4 Å². The van der Waals surface area contributed by atoms with Crippen LogP contribution in [-0.2, 0) is 5.54 Å².